The van der Waals surface area contributed by atoms with Gasteiger partial charge in [0.15, 0.2) is 0 Å². The van der Waals surface area contributed by atoms with Crippen molar-refractivity contribution < 1.29 is 9.53 Å². The van der Waals surface area contributed by atoms with Crippen molar-refractivity contribution in [1.29, 1.82) is 0 Å². The third-order valence-electron chi connectivity index (χ3n) is 3.20. The molecule has 0 fully saturated rings. The number of hydrogen-bond acceptors (Lipinski definition) is 4. The molecule has 116 valence electrons. The molecular weight excluding hydrogens is 290 g/mol. The van der Waals surface area contributed by atoms with E-state index in [2.05, 4.69) is 15.6 Å². The topological polar surface area (TPSA) is 62.7 Å². The maximum Gasteiger partial charge on any atom is 0.411 e. The number of rotatable bonds is 3. The summed E-state index contributed by atoms with van der Waals surface area (Å²) in [6, 6.07) is 3.86. The van der Waals surface area contributed by atoms with Gasteiger partial charge in [0, 0.05) is 24.3 Å². The maximum absolute atomic E-state index is 11.4. The van der Waals surface area contributed by atoms with Crippen LogP contribution >= 0.6 is 12.4 Å². The van der Waals surface area contributed by atoms with Gasteiger partial charge in [0.2, 0.25) is 0 Å². The molecule has 21 heavy (non-hydrogen) atoms. The van der Waals surface area contributed by atoms with E-state index < -0.39 is 6.09 Å². The van der Waals surface area contributed by atoms with Crippen LogP contribution in [0.25, 0.3) is 0 Å². The van der Waals surface area contributed by atoms with Crippen LogP contribution < -0.4 is 10.6 Å². The highest BCUT2D eigenvalue weighted by Gasteiger charge is 2.11. The van der Waals surface area contributed by atoms with Crippen LogP contribution in [0.5, 0.6) is 0 Å². The van der Waals surface area contributed by atoms with Gasteiger partial charge in [-0.05, 0) is 50.5 Å². The molecule has 0 bridgehead atoms. The number of amides is 1. The van der Waals surface area contributed by atoms with E-state index in [9.17, 15) is 4.79 Å². The summed E-state index contributed by atoms with van der Waals surface area (Å²) in [5, 5.41) is 6.12. The Hall–Kier alpha value is -1.75. The molecule has 1 heterocycles. The van der Waals surface area contributed by atoms with Gasteiger partial charge in [0.25, 0.3) is 0 Å². The molecule has 1 aliphatic rings. The number of ether oxygens (including phenoxy) is 1. The molecule has 0 aromatic heterocycles. The molecule has 0 atom stereocenters. The normalized spacial score (nSPS) is 13.2. The summed E-state index contributed by atoms with van der Waals surface area (Å²) in [5.41, 5.74) is 3.97. The fourth-order valence-electron chi connectivity index (χ4n) is 2.30. The molecule has 0 radical (unpaired) electrons. The fraction of sp³-hybridized carbons (Fsp3) is 0.467. The number of benzene rings is 1. The van der Waals surface area contributed by atoms with Gasteiger partial charge in [0.1, 0.15) is 5.84 Å². The number of nitrogens with zero attached hydrogens (tertiary/aromatic N) is 1. The molecule has 0 saturated heterocycles. The third-order valence-corrected chi connectivity index (χ3v) is 3.20. The Morgan fingerprint density at radius 1 is 1.33 bits per heavy atom. The SMILES string of the molecule is CCOC(=O)Nc1cc(C)c(NC2=NCCC2)c(C)c1.Cl. The smallest absolute Gasteiger partial charge is 0.411 e. The molecule has 1 aromatic rings. The Labute approximate surface area is 131 Å². The number of aliphatic imine (C=N–C) groups is 1. The van der Waals surface area contributed by atoms with Crippen LogP contribution in [0.3, 0.4) is 0 Å². The Kier molecular flexibility index (Phi) is 6.49. The van der Waals surface area contributed by atoms with Crippen molar-refractivity contribution >= 4 is 35.7 Å². The van der Waals surface area contributed by atoms with E-state index in [1.165, 1.54) is 0 Å². The minimum atomic E-state index is -0.424. The minimum absolute atomic E-state index is 0. The van der Waals surface area contributed by atoms with E-state index in [0.29, 0.717) is 6.61 Å². The standard InChI is InChI=1S/C15H21N3O2.ClH/c1-4-20-15(19)17-12-8-10(2)14(11(3)9-12)18-13-6-5-7-16-13;/h8-9H,4-7H2,1-3H3,(H,16,18)(H,17,19);1H. The van der Waals surface area contributed by atoms with E-state index in [1.807, 2.05) is 26.0 Å². The first-order valence-electron chi connectivity index (χ1n) is 6.95. The second-order valence-electron chi connectivity index (χ2n) is 4.89. The van der Waals surface area contributed by atoms with Gasteiger partial charge < -0.3 is 10.1 Å². The van der Waals surface area contributed by atoms with E-state index >= 15 is 0 Å². The summed E-state index contributed by atoms with van der Waals surface area (Å²) in [4.78, 5) is 15.9. The zero-order valence-electron chi connectivity index (χ0n) is 12.7. The van der Waals surface area contributed by atoms with Crippen LogP contribution in [0.15, 0.2) is 17.1 Å². The van der Waals surface area contributed by atoms with Crippen molar-refractivity contribution in [2.24, 2.45) is 4.99 Å². The zero-order valence-corrected chi connectivity index (χ0v) is 13.5. The van der Waals surface area contributed by atoms with Crippen LogP contribution in [-0.2, 0) is 4.74 Å². The van der Waals surface area contributed by atoms with Gasteiger partial charge in [-0.25, -0.2) is 4.79 Å². The van der Waals surface area contributed by atoms with Gasteiger partial charge in [-0.2, -0.15) is 0 Å². The lowest BCUT2D eigenvalue weighted by Gasteiger charge is -2.15. The van der Waals surface area contributed by atoms with Crippen molar-refractivity contribution in [1.82, 2.24) is 0 Å². The number of carbonyl (C=O) groups is 1. The molecule has 1 amide bonds. The van der Waals surface area contributed by atoms with Crippen LogP contribution in [0, 0.1) is 13.8 Å². The number of hydrogen-bond donors (Lipinski definition) is 2. The monoisotopic (exact) mass is 311 g/mol. The van der Waals surface area contributed by atoms with E-state index in [4.69, 9.17) is 4.74 Å². The maximum atomic E-state index is 11.4. The summed E-state index contributed by atoms with van der Waals surface area (Å²) in [5.74, 6) is 1.04. The van der Waals surface area contributed by atoms with Crippen LogP contribution in [0.4, 0.5) is 16.2 Å². The molecular formula is C15H22ClN3O2. The Balaban J connectivity index is 0.00000220. The van der Waals surface area contributed by atoms with Gasteiger partial charge in [-0.1, -0.05) is 0 Å². The predicted octanol–water partition coefficient (Wildman–Crippen LogP) is 3.90. The highest BCUT2D eigenvalue weighted by Crippen LogP contribution is 2.26. The molecule has 5 nitrogen and oxygen atoms in total. The van der Waals surface area contributed by atoms with Crippen molar-refractivity contribution in [3.8, 4) is 0 Å². The third kappa shape index (κ3) is 4.63. The summed E-state index contributed by atoms with van der Waals surface area (Å²) < 4.78 is 4.88. The Morgan fingerprint density at radius 3 is 2.52 bits per heavy atom. The first-order valence-corrected chi connectivity index (χ1v) is 6.95. The lowest BCUT2D eigenvalue weighted by Crippen LogP contribution is -2.15. The number of nitrogens with one attached hydrogen (secondary N) is 2. The molecule has 0 aliphatic carbocycles. The average Bonchev–Trinajstić information content (AvgIpc) is 2.87. The fourth-order valence-corrected chi connectivity index (χ4v) is 2.30. The van der Waals surface area contributed by atoms with Crippen molar-refractivity contribution in [2.45, 2.75) is 33.6 Å². The lowest BCUT2D eigenvalue weighted by atomic mass is 10.1. The lowest BCUT2D eigenvalue weighted by molar-refractivity contribution is 0.168. The summed E-state index contributed by atoms with van der Waals surface area (Å²) in [6.45, 7) is 7.08. The molecule has 1 aromatic carbocycles. The van der Waals surface area contributed by atoms with Crippen molar-refractivity contribution in [3.05, 3.63) is 23.3 Å². The Bertz CT molecular complexity index is 521. The summed E-state index contributed by atoms with van der Waals surface area (Å²) in [7, 11) is 0. The van der Waals surface area contributed by atoms with Gasteiger partial charge >= 0.3 is 6.09 Å². The number of carbonyl (C=O) groups excluding carboxylic acids is 1. The predicted molar refractivity (Wildman–Crippen MR) is 89.0 cm³/mol. The molecule has 0 spiro atoms. The average molecular weight is 312 g/mol. The second kappa shape index (κ2) is 7.88. The van der Waals surface area contributed by atoms with E-state index in [1.54, 1.807) is 6.92 Å². The van der Waals surface area contributed by atoms with Crippen LogP contribution in [0.1, 0.15) is 30.9 Å². The van der Waals surface area contributed by atoms with E-state index in [0.717, 1.165) is 47.7 Å². The van der Waals surface area contributed by atoms with Crippen molar-refractivity contribution in [2.75, 3.05) is 23.8 Å². The number of aryl methyl sites for hydroxylation is 2. The minimum Gasteiger partial charge on any atom is -0.450 e. The number of amidine groups is 1. The highest BCUT2D eigenvalue weighted by molar-refractivity contribution is 5.98. The van der Waals surface area contributed by atoms with Gasteiger partial charge in [0.05, 0.1) is 6.61 Å². The quantitative estimate of drug-likeness (QED) is 0.890. The summed E-state index contributed by atoms with van der Waals surface area (Å²) in [6.07, 6.45) is 1.69. The van der Waals surface area contributed by atoms with Crippen molar-refractivity contribution in [3.63, 3.8) is 0 Å². The molecule has 1 aliphatic heterocycles. The molecule has 6 heteroatoms. The van der Waals surface area contributed by atoms with Gasteiger partial charge in [-0.3, -0.25) is 10.3 Å². The zero-order chi connectivity index (χ0) is 14.5. The Morgan fingerprint density at radius 2 is 2.00 bits per heavy atom. The highest BCUT2D eigenvalue weighted by atomic mass is 35.5. The first kappa shape index (κ1) is 17.3. The van der Waals surface area contributed by atoms with Crippen LogP contribution in [0.2, 0.25) is 0 Å². The molecule has 0 saturated carbocycles. The second-order valence-corrected chi connectivity index (χ2v) is 4.89. The van der Waals surface area contributed by atoms with Gasteiger partial charge in [-0.15, -0.1) is 12.4 Å². The summed E-state index contributed by atoms with van der Waals surface area (Å²) >= 11 is 0. The molecule has 2 N–H and O–H groups in total. The number of anilines is 2. The number of halogens is 1. The molecule has 2 rings (SSSR count). The first-order chi connectivity index (χ1) is 9.60. The van der Waals surface area contributed by atoms with E-state index in [-0.39, 0.29) is 12.4 Å². The largest absolute Gasteiger partial charge is 0.450 e. The van der Waals surface area contributed by atoms with Crippen LogP contribution in [-0.4, -0.2) is 25.1 Å². The molecule has 0 unspecified atom stereocenters.